The van der Waals surface area contributed by atoms with Crippen LogP contribution in [0.4, 0.5) is 0 Å². The minimum absolute atomic E-state index is 0.00285. The molecule has 2 aliphatic heterocycles. The van der Waals surface area contributed by atoms with Crippen molar-refractivity contribution in [2.75, 3.05) is 13.6 Å². The summed E-state index contributed by atoms with van der Waals surface area (Å²) in [6.07, 6.45) is 4.30. The average Bonchev–Trinajstić information content (AvgIpc) is 3.10. The van der Waals surface area contributed by atoms with Crippen molar-refractivity contribution in [1.29, 1.82) is 0 Å². The highest BCUT2D eigenvalue weighted by molar-refractivity contribution is 5.91. The van der Waals surface area contributed by atoms with Gasteiger partial charge in [0.2, 0.25) is 0 Å². The number of nitrogens with zero attached hydrogens (tertiary/aromatic N) is 1. The summed E-state index contributed by atoms with van der Waals surface area (Å²) in [4.78, 5) is 15.2. The molecule has 4 atom stereocenters. The van der Waals surface area contributed by atoms with Gasteiger partial charge in [0.1, 0.15) is 6.10 Å². The fourth-order valence-electron chi connectivity index (χ4n) is 6.46. The molecular formula is C25H25NO3. The maximum absolute atomic E-state index is 12.7. The summed E-state index contributed by atoms with van der Waals surface area (Å²) < 4.78 is 12.4. The lowest BCUT2D eigenvalue weighted by molar-refractivity contribution is -0.0214. The molecule has 2 aromatic carbocycles. The molecule has 148 valence electrons. The topological polar surface area (TPSA) is 38.8 Å². The molecule has 1 saturated carbocycles. The van der Waals surface area contributed by atoms with Crippen molar-refractivity contribution in [3.63, 3.8) is 0 Å². The largest absolute Gasteiger partial charge is 0.481 e. The second-order valence-electron chi connectivity index (χ2n) is 9.03. The second kappa shape index (κ2) is 5.96. The van der Waals surface area contributed by atoms with Gasteiger partial charge < -0.3 is 14.4 Å². The third kappa shape index (κ3) is 2.21. The molecule has 1 saturated heterocycles. The first-order valence-corrected chi connectivity index (χ1v) is 10.6. The van der Waals surface area contributed by atoms with Crippen molar-refractivity contribution in [3.05, 3.63) is 71.3 Å². The molecule has 2 bridgehead atoms. The number of hydrogen-bond acceptors (Lipinski definition) is 4. The van der Waals surface area contributed by atoms with Gasteiger partial charge in [0.05, 0.1) is 5.56 Å². The molecule has 0 amide bonds. The Balaban J connectivity index is 1.48. The molecule has 1 spiro atoms. The van der Waals surface area contributed by atoms with Crippen LogP contribution < -0.4 is 9.47 Å². The van der Waals surface area contributed by atoms with E-state index in [1.54, 1.807) is 12.1 Å². The number of carbonyl (C=O) groups excluding carboxylic acids is 1. The van der Waals surface area contributed by atoms with Gasteiger partial charge in [-0.25, -0.2) is 4.79 Å². The summed E-state index contributed by atoms with van der Waals surface area (Å²) in [6, 6.07) is 13.8. The Morgan fingerprint density at radius 2 is 2.07 bits per heavy atom. The fraction of sp³-hybridized carbons (Fsp3) is 0.400. The molecule has 4 heteroatoms. The predicted octanol–water partition coefficient (Wildman–Crippen LogP) is 4.13. The van der Waals surface area contributed by atoms with Crippen molar-refractivity contribution in [1.82, 2.24) is 4.90 Å². The third-order valence-corrected chi connectivity index (χ3v) is 7.74. The maximum Gasteiger partial charge on any atom is 0.343 e. The van der Waals surface area contributed by atoms with Gasteiger partial charge in [-0.05, 0) is 74.5 Å². The van der Waals surface area contributed by atoms with Crippen LogP contribution in [0.5, 0.6) is 11.5 Å². The van der Waals surface area contributed by atoms with Gasteiger partial charge >= 0.3 is 5.97 Å². The lowest BCUT2D eigenvalue weighted by Crippen LogP contribution is -2.63. The van der Waals surface area contributed by atoms with Crippen LogP contribution in [0.15, 0.2) is 54.6 Å². The molecule has 2 aromatic rings. The first kappa shape index (κ1) is 17.3. The Hall–Kier alpha value is -2.59. The Morgan fingerprint density at radius 1 is 1.24 bits per heavy atom. The highest BCUT2D eigenvalue weighted by Crippen LogP contribution is 2.64. The van der Waals surface area contributed by atoms with Gasteiger partial charge in [-0.1, -0.05) is 30.8 Å². The van der Waals surface area contributed by atoms with E-state index in [1.165, 1.54) is 23.1 Å². The minimum atomic E-state index is -0.342. The SMILES string of the molecule is C=C1CC[C@H]2[C@H]3Cc4ccc(OC(=O)c5ccccc5)c5c4[C@@]2(CCN3C)[C@H]1O5. The Bertz CT molecular complexity index is 1030. The number of benzene rings is 2. The first-order chi connectivity index (χ1) is 14.1. The Kier molecular flexibility index (Phi) is 3.55. The number of likely N-dealkylation sites (tertiary alicyclic amines) is 1. The van der Waals surface area contributed by atoms with Crippen LogP contribution in [0.2, 0.25) is 0 Å². The first-order valence-electron chi connectivity index (χ1n) is 10.6. The standard InChI is InChI=1S/C25H25NO3/c1-15-8-10-18-19-14-17-9-11-20(28-24(27)16-6-4-3-5-7-16)22-21(17)25(18,23(15)29-22)12-13-26(19)2/h3-7,9,11,18-19,23H,1,8,10,12-14H2,2H3/t18-,19+,23-,25-/m0/s1. The van der Waals surface area contributed by atoms with Crippen molar-refractivity contribution in [2.45, 2.75) is 43.2 Å². The van der Waals surface area contributed by atoms with E-state index in [-0.39, 0.29) is 17.5 Å². The molecule has 29 heavy (non-hydrogen) atoms. The van der Waals surface area contributed by atoms with E-state index in [2.05, 4.69) is 24.6 Å². The van der Waals surface area contributed by atoms with E-state index in [4.69, 9.17) is 9.47 Å². The van der Waals surface area contributed by atoms with Gasteiger partial charge in [0.15, 0.2) is 11.5 Å². The normalized spacial score (nSPS) is 31.8. The monoisotopic (exact) mass is 387 g/mol. The molecule has 0 radical (unpaired) electrons. The van der Waals surface area contributed by atoms with E-state index in [0.717, 1.165) is 31.6 Å². The number of carbonyl (C=O) groups is 1. The number of piperidine rings is 1. The van der Waals surface area contributed by atoms with Gasteiger partial charge in [-0.15, -0.1) is 0 Å². The number of hydrogen-bond donors (Lipinski definition) is 0. The van der Waals surface area contributed by atoms with Crippen LogP contribution in [0.25, 0.3) is 0 Å². The minimum Gasteiger partial charge on any atom is -0.481 e. The zero-order valence-electron chi connectivity index (χ0n) is 16.7. The van der Waals surface area contributed by atoms with Crippen molar-refractivity contribution in [3.8, 4) is 11.5 Å². The predicted molar refractivity (Wildman–Crippen MR) is 111 cm³/mol. The highest BCUT2D eigenvalue weighted by Gasteiger charge is 2.64. The van der Waals surface area contributed by atoms with E-state index in [1.807, 2.05) is 24.3 Å². The number of likely N-dealkylation sites (N-methyl/N-ethyl adjacent to an activating group) is 1. The molecular weight excluding hydrogens is 362 g/mol. The summed E-state index contributed by atoms with van der Waals surface area (Å²) in [5.41, 5.74) is 4.38. The molecule has 6 rings (SSSR count). The van der Waals surface area contributed by atoms with Crippen LogP contribution in [0.3, 0.4) is 0 Å². The molecule has 2 fully saturated rings. The maximum atomic E-state index is 12.7. The summed E-state index contributed by atoms with van der Waals surface area (Å²) in [5.74, 6) is 1.56. The number of rotatable bonds is 2. The fourth-order valence-corrected chi connectivity index (χ4v) is 6.46. The lowest BCUT2D eigenvalue weighted by atomic mass is 9.51. The van der Waals surface area contributed by atoms with Gasteiger partial charge in [-0.2, -0.15) is 0 Å². The summed E-state index contributed by atoms with van der Waals surface area (Å²) in [5, 5.41) is 0. The molecule has 0 N–H and O–H groups in total. The van der Waals surface area contributed by atoms with Crippen molar-refractivity contribution >= 4 is 5.97 Å². The highest BCUT2D eigenvalue weighted by atomic mass is 16.6. The summed E-state index contributed by atoms with van der Waals surface area (Å²) in [7, 11) is 2.26. The zero-order chi connectivity index (χ0) is 19.8. The van der Waals surface area contributed by atoms with Crippen LogP contribution in [-0.2, 0) is 11.8 Å². The molecule has 0 unspecified atom stereocenters. The molecule has 4 aliphatic rings. The van der Waals surface area contributed by atoms with Crippen LogP contribution in [-0.4, -0.2) is 36.6 Å². The van der Waals surface area contributed by atoms with Crippen molar-refractivity contribution in [2.24, 2.45) is 5.92 Å². The van der Waals surface area contributed by atoms with Crippen LogP contribution in [0.1, 0.15) is 40.7 Å². The smallest absolute Gasteiger partial charge is 0.343 e. The van der Waals surface area contributed by atoms with E-state index < -0.39 is 0 Å². The molecule has 4 nitrogen and oxygen atoms in total. The van der Waals surface area contributed by atoms with Gasteiger partial charge in [0, 0.05) is 17.0 Å². The molecule has 0 aromatic heterocycles. The molecule has 2 heterocycles. The van der Waals surface area contributed by atoms with Crippen LogP contribution in [0, 0.1) is 5.92 Å². The Labute approximate surface area is 171 Å². The van der Waals surface area contributed by atoms with E-state index >= 15 is 0 Å². The Morgan fingerprint density at radius 3 is 2.90 bits per heavy atom. The number of ether oxygens (including phenoxy) is 2. The second-order valence-corrected chi connectivity index (χ2v) is 9.03. The van der Waals surface area contributed by atoms with Crippen LogP contribution >= 0.6 is 0 Å². The summed E-state index contributed by atoms with van der Waals surface area (Å²) >= 11 is 0. The van der Waals surface area contributed by atoms with E-state index in [0.29, 0.717) is 23.3 Å². The third-order valence-electron chi connectivity index (χ3n) is 7.74. The van der Waals surface area contributed by atoms with Gasteiger partial charge in [0.25, 0.3) is 0 Å². The average molecular weight is 387 g/mol. The number of esters is 1. The lowest BCUT2D eigenvalue weighted by Gasteiger charge is -2.58. The quantitative estimate of drug-likeness (QED) is 0.441. The van der Waals surface area contributed by atoms with Crippen molar-refractivity contribution < 1.29 is 14.3 Å². The van der Waals surface area contributed by atoms with Gasteiger partial charge in [-0.3, -0.25) is 0 Å². The zero-order valence-corrected chi connectivity index (χ0v) is 16.7. The molecule has 2 aliphatic carbocycles. The summed E-state index contributed by atoms with van der Waals surface area (Å²) in [6.45, 7) is 5.45. The van der Waals surface area contributed by atoms with E-state index in [9.17, 15) is 4.79 Å².